The van der Waals surface area contributed by atoms with E-state index in [2.05, 4.69) is 41.5 Å². The van der Waals surface area contributed by atoms with Crippen molar-refractivity contribution in [1.82, 2.24) is 0 Å². The van der Waals surface area contributed by atoms with Crippen molar-refractivity contribution >= 4 is 0 Å². The Morgan fingerprint density at radius 1 is 1.21 bits per heavy atom. The normalized spacial score (nSPS) is 36.0. The van der Waals surface area contributed by atoms with Crippen LogP contribution in [0.1, 0.15) is 60.8 Å². The Kier molecular flexibility index (Phi) is 3.66. The standard InChI is InChI=1S/C14H28/c1-7-12-9-8-10(2)13(12)11(3)14(4,5)6/h10-13H,7-9H2,1-6H3. The van der Waals surface area contributed by atoms with Crippen molar-refractivity contribution < 1.29 is 0 Å². The summed E-state index contributed by atoms with van der Waals surface area (Å²) in [5.41, 5.74) is 0.483. The lowest BCUT2D eigenvalue weighted by Gasteiger charge is -2.37. The van der Waals surface area contributed by atoms with E-state index in [0.717, 1.165) is 23.7 Å². The summed E-state index contributed by atoms with van der Waals surface area (Å²) in [6.45, 7) is 14.5. The Morgan fingerprint density at radius 2 is 1.79 bits per heavy atom. The topological polar surface area (TPSA) is 0 Å². The lowest BCUT2D eigenvalue weighted by Crippen LogP contribution is -2.30. The van der Waals surface area contributed by atoms with Gasteiger partial charge in [0.2, 0.25) is 0 Å². The lowest BCUT2D eigenvalue weighted by atomic mass is 9.68. The highest BCUT2D eigenvalue weighted by Crippen LogP contribution is 2.48. The Morgan fingerprint density at radius 3 is 2.21 bits per heavy atom. The van der Waals surface area contributed by atoms with Crippen LogP contribution in [-0.2, 0) is 0 Å². The molecule has 4 unspecified atom stereocenters. The van der Waals surface area contributed by atoms with Crippen LogP contribution >= 0.6 is 0 Å². The second kappa shape index (κ2) is 4.24. The predicted octanol–water partition coefficient (Wildman–Crippen LogP) is 4.74. The highest BCUT2D eigenvalue weighted by Gasteiger charge is 2.39. The Hall–Kier alpha value is 0. The molecule has 0 N–H and O–H groups in total. The molecule has 4 atom stereocenters. The molecule has 0 radical (unpaired) electrons. The van der Waals surface area contributed by atoms with Crippen molar-refractivity contribution in [1.29, 1.82) is 0 Å². The van der Waals surface area contributed by atoms with E-state index >= 15 is 0 Å². The summed E-state index contributed by atoms with van der Waals surface area (Å²) < 4.78 is 0. The van der Waals surface area contributed by atoms with Crippen molar-refractivity contribution in [3.63, 3.8) is 0 Å². The maximum Gasteiger partial charge on any atom is -0.0329 e. The second-order valence-electron chi connectivity index (χ2n) is 6.46. The van der Waals surface area contributed by atoms with Crippen molar-refractivity contribution in [3.8, 4) is 0 Å². The Bertz CT molecular complexity index is 175. The van der Waals surface area contributed by atoms with Gasteiger partial charge in [0.25, 0.3) is 0 Å². The van der Waals surface area contributed by atoms with Crippen LogP contribution in [0, 0.1) is 29.1 Å². The largest absolute Gasteiger partial charge is 0.0651 e. The molecule has 1 rings (SSSR count). The molecule has 1 fully saturated rings. The molecule has 0 spiro atoms. The second-order valence-corrected chi connectivity index (χ2v) is 6.46. The summed E-state index contributed by atoms with van der Waals surface area (Å²) in [4.78, 5) is 0. The number of hydrogen-bond donors (Lipinski definition) is 0. The number of hydrogen-bond acceptors (Lipinski definition) is 0. The van der Waals surface area contributed by atoms with Crippen molar-refractivity contribution in [3.05, 3.63) is 0 Å². The molecule has 1 saturated carbocycles. The molecule has 0 aliphatic heterocycles. The number of rotatable bonds is 2. The molecule has 0 heterocycles. The van der Waals surface area contributed by atoms with Crippen LogP contribution < -0.4 is 0 Å². The highest BCUT2D eigenvalue weighted by molar-refractivity contribution is 4.89. The third-order valence-electron chi connectivity index (χ3n) is 4.66. The van der Waals surface area contributed by atoms with E-state index in [9.17, 15) is 0 Å². The van der Waals surface area contributed by atoms with Crippen LogP contribution in [0.2, 0.25) is 0 Å². The molecule has 0 aromatic carbocycles. The van der Waals surface area contributed by atoms with Gasteiger partial charge >= 0.3 is 0 Å². The molecule has 0 aromatic rings. The lowest BCUT2D eigenvalue weighted by molar-refractivity contribution is 0.114. The fourth-order valence-electron chi connectivity index (χ4n) is 3.28. The van der Waals surface area contributed by atoms with Gasteiger partial charge < -0.3 is 0 Å². The SMILES string of the molecule is CCC1CCC(C)C1C(C)C(C)(C)C. The first-order chi connectivity index (χ1) is 6.38. The average Bonchev–Trinajstić information content (AvgIpc) is 2.43. The van der Waals surface area contributed by atoms with E-state index in [1.54, 1.807) is 0 Å². The van der Waals surface area contributed by atoms with E-state index < -0.39 is 0 Å². The van der Waals surface area contributed by atoms with E-state index in [1.165, 1.54) is 19.3 Å². The van der Waals surface area contributed by atoms with E-state index in [1.807, 2.05) is 0 Å². The van der Waals surface area contributed by atoms with Gasteiger partial charge in [0.05, 0.1) is 0 Å². The smallest absolute Gasteiger partial charge is 0.0329 e. The fraction of sp³-hybridized carbons (Fsp3) is 1.00. The average molecular weight is 196 g/mol. The monoisotopic (exact) mass is 196 g/mol. The molecular formula is C14H28. The van der Waals surface area contributed by atoms with E-state index in [0.29, 0.717) is 5.41 Å². The van der Waals surface area contributed by atoms with Gasteiger partial charge in [0.15, 0.2) is 0 Å². The quantitative estimate of drug-likeness (QED) is 0.598. The van der Waals surface area contributed by atoms with Crippen LogP contribution in [0.15, 0.2) is 0 Å². The first-order valence-electron chi connectivity index (χ1n) is 6.38. The molecular weight excluding hydrogens is 168 g/mol. The highest BCUT2D eigenvalue weighted by atomic mass is 14.4. The summed E-state index contributed by atoms with van der Waals surface area (Å²) in [5, 5.41) is 0. The van der Waals surface area contributed by atoms with Gasteiger partial charge in [-0.15, -0.1) is 0 Å². The summed E-state index contributed by atoms with van der Waals surface area (Å²) in [5.74, 6) is 3.79. The summed E-state index contributed by atoms with van der Waals surface area (Å²) in [6, 6.07) is 0. The van der Waals surface area contributed by atoms with Gasteiger partial charge in [0.1, 0.15) is 0 Å². The predicted molar refractivity (Wildman–Crippen MR) is 64.3 cm³/mol. The Balaban J connectivity index is 2.73. The summed E-state index contributed by atoms with van der Waals surface area (Å²) >= 11 is 0. The van der Waals surface area contributed by atoms with Gasteiger partial charge in [-0.1, -0.05) is 54.4 Å². The van der Waals surface area contributed by atoms with Crippen molar-refractivity contribution in [2.75, 3.05) is 0 Å². The molecule has 0 amide bonds. The third kappa shape index (κ3) is 2.32. The molecule has 0 nitrogen and oxygen atoms in total. The molecule has 0 bridgehead atoms. The van der Waals surface area contributed by atoms with Gasteiger partial charge in [-0.2, -0.15) is 0 Å². The fourth-order valence-corrected chi connectivity index (χ4v) is 3.28. The van der Waals surface area contributed by atoms with Crippen LogP contribution in [0.5, 0.6) is 0 Å². The van der Waals surface area contributed by atoms with Gasteiger partial charge in [-0.3, -0.25) is 0 Å². The summed E-state index contributed by atoms with van der Waals surface area (Å²) in [7, 11) is 0. The minimum absolute atomic E-state index is 0.483. The van der Waals surface area contributed by atoms with E-state index in [4.69, 9.17) is 0 Å². The van der Waals surface area contributed by atoms with Crippen molar-refractivity contribution in [2.24, 2.45) is 29.1 Å². The molecule has 1 aliphatic rings. The van der Waals surface area contributed by atoms with E-state index in [-0.39, 0.29) is 0 Å². The maximum absolute atomic E-state index is 2.47. The van der Waals surface area contributed by atoms with Gasteiger partial charge in [-0.25, -0.2) is 0 Å². The Labute approximate surface area is 90.5 Å². The summed E-state index contributed by atoms with van der Waals surface area (Å²) in [6.07, 6.45) is 4.32. The molecule has 1 aliphatic carbocycles. The van der Waals surface area contributed by atoms with Crippen LogP contribution in [-0.4, -0.2) is 0 Å². The zero-order valence-corrected chi connectivity index (χ0v) is 10.9. The minimum atomic E-state index is 0.483. The molecule has 0 heteroatoms. The third-order valence-corrected chi connectivity index (χ3v) is 4.66. The van der Waals surface area contributed by atoms with Crippen LogP contribution in [0.3, 0.4) is 0 Å². The molecule has 0 saturated heterocycles. The maximum atomic E-state index is 2.47. The molecule has 14 heavy (non-hydrogen) atoms. The zero-order chi connectivity index (χ0) is 10.9. The minimum Gasteiger partial charge on any atom is -0.0651 e. The van der Waals surface area contributed by atoms with Gasteiger partial charge in [-0.05, 0) is 35.5 Å². The zero-order valence-electron chi connectivity index (χ0n) is 10.9. The molecule has 84 valence electrons. The van der Waals surface area contributed by atoms with Gasteiger partial charge in [0, 0.05) is 0 Å². The van der Waals surface area contributed by atoms with Crippen molar-refractivity contribution in [2.45, 2.75) is 60.8 Å². The molecule has 0 aromatic heterocycles. The van der Waals surface area contributed by atoms with Crippen LogP contribution in [0.25, 0.3) is 0 Å². The first-order valence-corrected chi connectivity index (χ1v) is 6.38. The van der Waals surface area contributed by atoms with Crippen LogP contribution in [0.4, 0.5) is 0 Å². The first kappa shape index (κ1) is 12.1.